The van der Waals surface area contributed by atoms with Crippen molar-refractivity contribution in [1.29, 1.82) is 0 Å². The van der Waals surface area contributed by atoms with Crippen LogP contribution in [0.1, 0.15) is 12.0 Å². The van der Waals surface area contributed by atoms with Crippen molar-refractivity contribution in [3.8, 4) is 11.4 Å². The summed E-state index contributed by atoms with van der Waals surface area (Å²) in [5, 5.41) is 12.4. The van der Waals surface area contributed by atoms with E-state index >= 15 is 0 Å². The lowest BCUT2D eigenvalue weighted by Crippen LogP contribution is -2.33. The summed E-state index contributed by atoms with van der Waals surface area (Å²) in [5.41, 5.74) is 2.76. The Morgan fingerprint density at radius 3 is 2.50 bits per heavy atom. The zero-order valence-electron chi connectivity index (χ0n) is 15.4. The van der Waals surface area contributed by atoms with Crippen LogP contribution in [0.3, 0.4) is 0 Å². The highest BCUT2D eigenvalue weighted by Gasteiger charge is 2.11. The highest BCUT2D eigenvalue weighted by molar-refractivity contribution is 7.71. The van der Waals surface area contributed by atoms with E-state index in [1.165, 1.54) is 0 Å². The second kappa shape index (κ2) is 9.09. The van der Waals surface area contributed by atoms with Crippen LogP contribution in [-0.4, -0.2) is 33.1 Å². The summed E-state index contributed by atoms with van der Waals surface area (Å²) < 4.78 is 2.23. The van der Waals surface area contributed by atoms with Crippen LogP contribution in [0.4, 0.5) is 5.69 Å². The quantitative estimate of drug-likeness (QED) is 0.536. The molecule has 1 heterocycles. The van der Waals surface area contributed by atoms with Gasteiger partial charge in [0.1, 0.15) is 0 Å². The van der Waals surface area contributed by atoms with E-state index in [9.17, 15) is 9.59 Å². The Hall–Kier alpha value is -3.26. The lowest BCUT2D eigenvalue weighted by molar-refractivity contribution is -0.124. The summed E-state index contributed by atoms with van der Waals surface area (Å²) in [7, 11) is 0. The Kier molecular flexibility index (Phi) is 6.33. The Morgan fingerprint density at radius 1 is 1.07 bits per heavy atom. The zero-order valence-corrected chi connectivity index (χ0v) is 16.3. The minimum atomic E-state index is -0.278. The largest absolute Gasteiger partial charge is 0.347 e. The van der Waals surface area contributed by atoms with E-state index in [1.807, 2.05) is 49.4 Å². The molecule has 3 N–H and O–H groups in total. The molecule has 0 saturated heterocycles. The Morgan fingerprint density at radius 2 is 1.79 bits per heavy atom. The van der Waals surface area contributed by atoms with E-state index in [2.05, 4.69) is 20.8 Å². The molecule has 0 aliphatic heterocycles. The maximum absolute atomic E-state index is 12.1. The van der Waals surface area contributed by atoms with Gasteiger partial charge < -0.3 is 10.6 Å². The molecule has 28 heavy (non-hydrogen) atoms. The third-order valence-corrected chi connectivity index (χ3v) is 4.45. The molecule has 0 aliphatic carbocycles. The number of aromatic amines is 1. The van der Waals surface area contributed by atoms with Crippen molar-refractivity contribution in [1.82, 2.24) is 20.1 Å². The third-order valence-electron chi connectivity index (χ3n) is 4.13. The van der Waals surface area contributed by atoms with Crippen LogP contribution in [0, 0.1) is 11.7 Å². The molecule has 7 nitrogen and oxygen atoms in total. The van der Waals surface area contributed by atoms with Crippen molar-refractivity contribution in [2.45, 2.75) is 19.9 Å². The molecule has 3 aromatic rings. The first kappa shape index (κ1) is 19.5. The van der Waals surface area contributed by atoms with E-state index in [0.29, 0.717) is 22.8 Å². The number of para-hydroxylation sites is 1. The lowest BCUT2D eigenvalue weighted by atomic mass is 10.1. The van der Waals surface area contributed by atoms with Crippen LogP contribution in [-0.2, 0) is 16.1 Å². The first-order chi connectivity index (χ1) is 13.5. The average molecular weight is 395 g/mol. The van der Waals surface area contributed by atoms with Crippen molar-refractivity contribution >= 4 is 29.7 Å². The van der Waals surface area contributed by atoms with Crippen LogP contribution in [0.2, 0.25) is 0 Å². The molecule has 0 fully saturated rings. The van der Waals surface area contributed by atoms with Crippen LogP contribution >= 0.6 is 12.2 Å². The molecule has 3 rings (SSSR count). The average Bonchev–Trinajstić information content (AvgIpc) is 3.06. The van der Waals surface area contributed by atoms with Crippen molar-refractivity contribution in [2.75, 3.05) is 11.9 Å². The maximum atomic E-state index is 12.1. The van der Waals surface area contributed by atoms with E-state index < -0.39 is 0 Å². The number of hydrogen-bond donors (Lipinski definition) is 3. The molecule has 0 radical (unpaired) electrons. The number of H-pyrrole nitrogens is 1. The van der Waals surface area contributed by atoms with Gasteiger partial charge >= 0.3 is 0 Å². The first-order valence-electron chi connectivity index (χ1n) is 8.87. The van der Waals surface area contributed by atoms with Gasteiger partial charge in [-0.15, -0.1) is 0 Å². The number of carbonyl (C=O) groups excluding carboxylic acids is 2. The lowest BCUT2D eigenvalue weighted by Gasteiger charge is -2.09. The van der Waals surface area contributed by atoms with Gasteiger partial charge in [0, 0.05) is 24.2 Å². The molecule has 0 spiro atoms. The first-order valence-corrected chi connectivity index (χ1v) is 9.27. The van der Waals surface area contributed by atoms with Gasteiger partial charge in [0.05, 0.1) is 6.54 Å². The molecular formula is C20H21N5O2S. The van der Waals surface area contributed by atoms with Crippen LogP contribution in [0.15, 0.2) is 54.6 Å². The minimum Gasteiger partial charge on any atom is -0.347 e. The summed E-state index contributed by atoms with van der Waals surface area (Å²) in [4.78, 5) is 24.0. The Bertz CT molecular complexity index is 1010. The number of aromatic nitrogens is 3. The second-order valence-corrected chi connectivity index (χ2v) is 6.70. The Labute approximate surface area is 167 Å². The molecule has 0 unspecified atom stereocenters. The number of aryl methyl sites for hydroxylation is 1. The number of nitrogens with one attached hydrogen (secondary N) is 3. The summed E-state index contributed by atoms with van der Waals surface area (Å²) >= 11 is 5.28. The molecule has 0 saturated carbocycles. The van der Waals surface area contributed by atoms with E-state index in [1.54, 1.807) is 16.7 Å². The van der Waals surface area contributed by atoms with Gasteiger partial charge in [-0.3, -0.25) is 19.3 Å². The molecule has 8 heteroatoms. The van der Waals surface area contributed by atoms with E-state index in [-0.39, 0.29) is 24.8 Å². The standard InChI is InChI=1S/C20H21N5O2S/c1-14-7-9-15(10-8-14)19-23-24-20(28)25(19)12-11-17(26)21-13-18(27)22-16-5-3-2-4-6-16/h2-10H,11-13H2,1H3,(H,21,26)(H,22,27)(H,24,28). The number of hydrogen-bond acceptors (Lipinski definition) is 4. The predicted molar refractivity (Wildman–Crippen MR) is 110 cm³/mol. The number of amides is 2. The zero-order chi connectivity index (χ0) is 19.9. The van der Waals surface area contributed by atoms with E-state index in [4.69, 9.17) is 12.2 Å². The topological polar surface area (TPSA) is 91.8 Å². The minimum absolute atomic E-state index is 0.0880. The summed E-state index contributed by atoms with van der Waals surface area (Å²) in [5.74, 6) is 0.167. The normalized spacial score (nSPS) is 10.5. The molecular weight excluding hydrogens is 374 g/mol. The van der Waals surface area contributed by atoms with Crippen LogP contribution in [0.5, 0.6) is 0 Å². The monoisotopic (exact) mass is 395 g/mol. The van der Waals surface area contributed by atoms with E-state index in [0.717, 1.165) is 11.1 Å². The highest BCUT2D eigenvalue weighted by atomic mass is 32.1. The molecule has 0 atom stereocenters. The molecule has 2 amide bonds. The fourth-order valence-corrected chi connectivity index (χ4v) is 2.88. The SMILES string of the molecule is Cc1ccc(-c2n[nH]c(=S)n2CCC(=O)NCC(=O)Nc2ccccc2)cc1. The maximum Gasteiger partial charge on any atom is 0.243 e. The van der Waals surface area contributed by atoms with Crippen LogP contribution in [0.25, 0.3) is 11.4 Å². The number of benzene rings is 2. The van der Waals surface area contributed by atoms with Gasteiger partial charge in [-0.05, 0) is 31.3 Å². The van der Waals surface area contributed by atoms with Gasteiger partial charge in [0.25, 0.3) is 0 Å². The predicted octanol–water partition coefficient (Wildman–Crippen LogP) is 3.06. The third kappa shape index (κ3) is 5.14. The van der Waals surface area contributed by atoms with Crippen molar-refractivity contribution in [2.24, 2.45) is 0 Å². The van der Waals surface area contributed by atoms with Gasteiger partial charge in [-0.2, -0.15) is 5.10 Å². The van der Waals surface area contributed by atoms with Crippen LogP contribution < -0.4 is 10.6 Å². The number of rotatable bonds is 7. The van der Waals surface area contributed by atoms with Crippen molar-refractivity contribution in [3.05, 3.63) is 64.9 Å². The van der Waals surface area contributed by atoms with Crippen molar-refractivity contribution < 1.29 is 9.59 Å². The number of anilines is 1. The Balaban J connectivity index is 1.53. The molecule has 1 aromatic heterocycles. The van der Waals surface area contributed by atoms with Gasteiger partial charge in [0.2, 0.25) is 11.8 Å². The molecule has 0 bridgehead atoms. The summed E-state index contributed by atoms with van der Waals surface area (Å²) in [6.45, 7) is 2.29. The number of nitrogens with zero attached hydrogens (tertiary/aromatic N) is 2. The smallest absolute Gasteiger partial charge is 0.243 e. The van der Waals surface area contributed by atoms with Gasteiger partial charge in [-0.25, -0.2) is 0 Å². The molecule has 0 aliphatic rings. The second-order valence-electron chi connectivity index (χ2n) is 6.31. The number of carbonyl (C=O) groups is 2. The fourth-order valence-electron chi connectivity index (χ4n) is 2.66. The molecule has 2 aromatic carbocycles. The molecule has 144 valence electrons. The van der Waals surface area contributed by atoms with Gasteiger partial charge in [-0.1, -0.05) is 48.0 Å². The summed E-state index contributed by atoms with van der Waals surface area (Å²) in [6.07, 6.45) is 0.186. The highest BCUT2D eigenvalue weighted by Crippen LogP contribution is 2.18. The van der Waals surface area contributed by atoms with Crippen molar-refractivity contribution in [3.63, 3.8) is 0 Å². The van der Waals surface area contributed by atoms with Gasteiger partial charge in [0.15, 0.2) is 10.6 Å². The fraction of sp³-hybridized carbons (Fsp3) is 0.200. The summed E-state index contributed by atoms with van der Waals surface area (Å²) in [6, 6.07) is 17.0.